The maximum atomic E-state index is 5.91. The summed E-state index contributed by atoms with van der Waals surface area (Å²) < 4.78 is 5.91. The fraction of sp³-hybridized carbons (Fsp3) is 0.571. The molecule has 0 radical (unpaired) electrons. The van der Waals surface area contributed by atoms with E-state index in [1.807, 2.05) is 7.05 Å². The Morgan fingerprint density at radius 1 is 1.40 bits per heavy atom. The van der Waals surface area contributed by atoms with Crippen LogP contribution in [0.5, 0.6) is 0 Å². The van der Waals surface area contributed by atoms with Crippen molar-refractivity contribution in [3.8, 4) is 0 Å². The van der Waals surface area contributed by atoms with Crippen LogP contribution in [0.25, 0.3) is 10.2 Å². The summed E-state index contributed by atoms with van der Waals surface area (Å²) in [5.74, 6) is 1.77. The largest absolute Gasteiger partial charge is 0.374 e. The lowest BCUT2D eigenvalue weighted by Gasteiger charge is -2.38. The molecule has 6 heteroatoms. The number of nitrogens with one attached hydrogen (secondary N) is 1. The number of thiophene rings is 1. The Morgan fingerprint density at radius 3 is 3.25 bits per heavy atom. The molecule has 0 amide bonds. The number of fused-ring (bicyclic) bond motifs is 2. The summed E-state index contributed by atoms with van der Waals surface area (Å²) in [6, 6.07) is 2.61. The standard InChI is InChI=1S/C14H18N4OS/c1-15-14-16-12(9-5-8-20-13(9)17-14)18-6-7-19-11-4-2-3-10(11)18/h5,8,10-11H,2-4,6-7H2,1H3,(H,15,16,17). The van der Waals surface area contributed by atoms with Gasteiger partial charge in [-0.25, -0.2) is 4.98 Å². The highest BCUT2D eigenvalue weighted by molar-refractivity contribution is 7.16. The minimum absolute atomic E-state index is 0.380. The molecule has 2 aliphatic rings. The fourth-order valence-corrected chi connectivity index (χ4v) is 4.12. The van der Waals surface area contributed by atoms with Crippen LogP contribution in [-0.2, 0) is 4.74 Å². The second-order valence-electron chi connectivity index (χ2n) is 5.36. The minimum Gasteiger partial charge on any atom is -0.374 e. The van der Waals surface area contributed by atoms with E-state index in [1.54, 1.807) is 11.3 Å². The second kappa shape index (κ2) is 4.86. The highest BCUT2D eigenvalue weighted by atomic mass is 32.1. The van der Waals surface area contributed by atoms with Crippen LogP contribution in [0.15, 0.2) is 11.4 Å². The molecular weight excluding hydrogens is 272 g/mol. The third-order valence-corrected chi connectivity index (χ3v) is 5.09. The first-order valence-electron chi connectivity index (χ1n) is 7.18. The molecule has 0 spiro atoms. The van der Waals surface area contributed by atoms with Crippen molar-refractivity contribution in [1.82, 2.24) is 9.97 Å². The third-order valence-electron chi connectivity index (χ3n) is 4.28. The van der Waals surface area contributed by atoms with E-state index >= 15 is 0 Å². The summed E-state index contributed by atoms with van der Waals surface area (Å²) >= 11 is 1.67. The van der Waals surface area contributed by atoms with Crippen LogP contribution in [0.4, 0.5) is 11.8 Å². The van der Waals surface area contributed by atoms with Gasteiger partial charge in [-0.2, -0.15) is 4.98 Å². The Balaban J connectivity index is 1.81. The monoisotopic (exact) mass is 290 g/mol. The van der Waals surface area contributed by atoms with Gasteiger partial charge in [0.15, 0.2) is 0 Å². The van der Waals surface area contributed by atoms with Crippen molar-refractivity contribution in [1.29, 1.82) is 0 Å². The highest BCUT2D eigenvalue weighted by Gasteiger charge is 2.37. The average Bonchev–Trinajstić information content (AvgIpc) is 3.14. The Morgan fingerprint density at radius 2 is 2.35 bits per heavy atom. The number of ether oxygens (including phenoxy) is 1. The van der Waals surface area contributed by atoms with Crippen molar-refractivity contribution in [2.24, 2.45) is 0 Å². The molecule has 1 aliphatic carbocycles. The minimum atomic E-state index is 0.380. The van der Waals surface area contributed by atoms with Crippen molar-refractivity contribution in [2.45, 2.75) is 31.4 Å². The first kappa shape index (κ1) is 12.3. The number of aromatic nitrogens is 2. The zero-order chi connectivity index (χ0) is 13.5. The van der Waals surface area contributed by atoms with Crippen molar-refractivity contribution in [3.63, 3.8) is 0 Å². The number of rotatable bonds is 2. The average molecular weight is 290 g/mol. The molecule has 2 unspecified atom stereocenters. The van der Waals surface area contributed by atoms with Crippen LogP contribution in [0.3, 0.4) is 0 Å². The molecule has 1 aliphatic heterocycles. The van der Waals surface area contributed by atoms with Gasteiger partial charge in [-0.1, -0.05) is 0 Å². The lowest BCUT2D eigenvalue weighted by atomic mass is 10.1. The van der Waals surface area contributed by atoms with Crippen LogP contribution in [0.1, 0.15) is 19.3 Å². The molecule has 106 valence electrons. The van der Waals surface area contributed by atoms with Crippen molar-refractivity contribution < 1.29 is 4.74 Å². The van der Waals surface area contributed by atoms with Crippen LogP contribution in [0, 0.1) is 0 Å². The predicted molar refractivity (Wildman–Crippen MR) is 81.7 cm³/mol. The van der Waals surface area contributed by atoms with Gasteiger partial charge in [-0.05, 0) is 30.7 Å². The summed E-state index contributed by atoms with van der Waals surface area (Å²) in [6.07, 6.45) is 4.01. The van der Waals surface area contributed by atoms with Crippen molar-refractivity contribution >= 4 is 33.3 Å². The lowest BCUT2D eigenvalue weighted by molar-refractivity contribution is 0.0254. The second-order valence-corrected chi connectivity index (χ2v) is 6.26. The summed E-state index contributed by atoms with van der Waals surface area (Å²) in [7, 11) is 1.87. The van der Waals surface area contributed by atoms with E-state index in [2.05, 4.69) is 26.6 Å². The molecule has 2 atom stereocenters. The molecule has 2 aromatic heterocycles. The van der Waals surface area contributed by atoms with Gasteiger partial charge in [0.2, 0.25) is 5.95 Å². The number of hydrogen-bond acceptors (Lipinski definition) is 6. The Hall–Kier alpha value is -1.40. The van der Waals surface area contributed by atoms with Crippen LogP contribution in [-0.4, -0.2) is 42.3 Å². The maximum Gasteiger partial charge on any atom is 0.225 e. The van der Waals surface area contributed by atoms with Gasteiger partial charge in [-0.15, -0.1) is 11.3 Å². The van der Waals surface area contributed by atoms with E-state index in [9.17, 15) is 0 Å². The smallest absolute Gasteiger partial charge is 0.225 e. The zero-order valence-electron chi connectivity index (χ0n) is 11.5. The number of anilines is 2. The Labute approximate surface area is 122 Å². The van der Waals surface area contributed by atoms with Crippen LogP contribution < -0.4 is 10.2 Å². The maximum absolute atomic E-state index is 5.91. The molecule has 5 nitrogen and oxygen atoms in total. The molecule has 1 N–H and O–H groups in total. The summed E-state index contributed by atoms with van der Waals surface area (Å²) in [4.78, 5) is 12.8. The topological polar surface area (TPSA) is 50.3 Å². The molecule has 0 bridgehead atoms. The molecular formula is C14H18N4OS. The molecule has 1 saturated heterocycles. The van der Waals surface area contributed by atoms with Crippen LogP contribution in [0.2, 0.25) is 0 Å². The molecule has 2 aromatic rings. The molecule has 3 heterocycles. The lowest BCUT2D eigenvalue weighted by Crippen LogP contribution is -2.49. The predicted octanol–water partition coefficient (Wildman–Crippen LogP) is 2.49. The number of nitrogens with zero attached hydrogens (tertiary/aromatic N) is 3. The van der Waals surface area contributed by atoms with Crippen molar-refractivity contribution in [3.05, 3.63) is 11.4 Å². The number of morpholine rings is 1. The van der Waals surface area contributed by atoms with E-state index in [4.69, 9.17) is 9.72 Å². The number of hydrogen-bond donors (Lipinski definition) is 1. The molecule has 4 rings (SSSR count). The van der Waals surface area contributed by atoms with E-state index in [0.717, 1.165) is 23.8 Å². The summed E-state index contributed by atoms with van der Waals surface area (Å²) in [6.45, 7) is 1.72. The van der Waals surface area contributed by atoms with Gasteiger partial charge < -0.3 is 15.0 Å². The third kappa shape index (κ3) is 1.86. The van der Waals surface area contributed by atoms with E-state index < -0.39 is 0 Å². The molecule has 20 heavy (non-hydrogen) atoms. The highest BCUT2D eigenvalue weighted by Crippen LogP contribution is 2.36. The van der Waals surface area contributed by atoms with E-state index in [1.165, 1.54) is 24.6 Å². The normalized spacial score (nSPS) is 25.9. The SMILES string of the molecule is CNc1nc(N2CCOC3CCCC32)c2ccsc2n1. The van der Waals surface area contributed by atoms with Gasteiger partial charge in [-0.3, -0.25) is 0 Å². The molecule has 1 saturated carbocycles. The van der Waals surface area contributed by atoms with Crippen LogP contribution >= 0.6 is 11.3 Å². The van der Waals surface area contributed by atoms with E-state index in [-0.39, 0.29) is 0 Å². The Bertz CT molecular complexity index is 629. The van der Waals surface area contributed by atoms with Gasteiger partial charge in [0.25, 0.3) is 0 Å². The van der Waals surface area contributed by atoms with Gasteiger partial charge >= 0.3 is 0 Å². The fourth-order valence-electron chi connectivity index (χ4n) is 3.36. The zero-order valence-corrected chi connectivity index (χ0v) is 12.3. The molecule has 0 aromatic carbocycles. The van der Waals surface area contributed by atoms with Gasteiger partial charge in [0.1, 0.15) is 10.6 Å². The first-order valence-corrected chi connectivity index (χ1v) is 8.06. The van der Waals surface area contributed by atoms with Gasteiger partial charge in [0, 0.05) is 13.6 Å². The summed E-state index contributed by atoms with van der Waals surface area (Å²) in [5, 5.41) is 6.33. The molecule has 2 fully saturated rings. The van der Waals surface area contributed by atoms with Crippen molar-refractivity contribution in [2.75, 3.05) is 30.4 Å². The van der Waals surface area contributed by atoms with Gasteiger partial charge in [0.05, 0.1) is 24.1 Å². The quantitative estimate of drug-likeness (QED) is 0.921. The van der Waals surface area contributed by atoms with E-state index in [0.29, 0.717) is 18.1 Å². The first-order chi connectivity index (χ1) is 9.86. The Kier molecular flexibility index (Phi) is 3.00. The summed E-state index contributed by atoms with van der Waals surface area (Å²) in [5.41, 5.74) is 0.